The number of carboxylic acids is 1. The van der Waals surface area contributed by atoms with E-state index in [1.54, 1.807) is 12.1 Å². The summed E-state index contributed by atoms with van der Waals surface area (Å²) in [6.07, 6.45) is 6.14. The molecule has 0 heterocycles. The third kappa shape index (κ3) is 3.85. The number of nitrogens with zero attached hydrogens (tertiary/aromatic N) is 1. The van der Waals surface area contributed by atoms with Crippen LogP contribution >= 0.6 is 0 Å². The van der Waals surface area contributed by atoms with Crippen molar-refractivity contribution in [1.29, 1.82) is 0 Å². The van der Waals surface area contributed by atoms with Gasteiger partial charge in [-0.25, -0.2) is 13.2 Å². The van der Waals surface area contributed by atoms with E-state index in [1.807, 2.05) is 6.08 Å². The Bertz CT molecular complexity index is 694. The summed E-state index contributed by atoms with van der Waals surface area (Å²) in [4.78, 5) is 11.2. The van der Waals surface area contributed by atoms with Crippen LogP contribution in [0.3, 0.4) is 0 Å². The predicted octanol–water partition coefficient (Wildman–Crippen LogP) is 2.45. The summed E-state index contributed by atoms with van der Waals surface area (Å²) < 4.78 is 24.3. The molecule has 114 valence electrons. The molecule has 0 amide bonds. The molecule has 0 aromatic heterocycles. The minimum atomic E-state index is -3.43. The van der Waals surface area contributed by atoms with Gasteiger partial charge in [0.15, 0.2) is 0 Å². The zero-order chi connectivity index (χ0) is 15.8. The van der Waals surface area contributed by atoms with Crippen LogP contribution in [0.1, 0.15) is 29.3 Å². The normalized spacial score (nSPS) is 21.5. The van der Waals surface area contributed by atoms with Crippen LogP contribution < -0.4 is 4.31 Å². The molecule has 1 N–H and O–H groups in total. The lowest BCUT2D eigenvalue weighted by molar-refractivity contribution is 0.0697. The Morgan fingerprint density at radius 1 is 1.38 bits per heavy atom. The second kappa shape index (κ2) is 5.52. The fourth-order valence-corrected chi connectivity index (χ4v) is 2.57. The van der Waals surface area contributed by atoms with Crippen molar-refractivity contribution in [2.75, 3.05) is 17.6 Å². The Kier molecular flexibility index (Phi) is 4.09. The third-order valence-corrected chi connectivity index (χ3v) is 4.96. The lowest BCUT2D eigenvalue weighted by atomic mass is 10.1. The average Bonchev–Trinajstić information content (AvgIpc) is 3.10. The predicted molar refractivity (Wildman–Crippen MR) is 83.0 cm³/mol. The van der Waals surface area contributed by atoms with Crippen LogP contribution in [0.5, 0.6) is 0 Å². The number of hydrogen-bond donors (Lipinski definition) is 1. The second-order valence-electron chi connectivity index (χ2n) is 5.58. The van der Waals surface area contributed by atoms with Gasteiger partial charge >= 0.3 is 5.97 Å². The van der Waals surface area contributed by atoms with E-state index in [4.69, 9.17) is 5.11 Å². The summed E-state index contributed by atoms with van der Waals surface area (Å²) >= 11 is 0. The van der Waals surface area contributed by atoms with E-state index in [2.05, 4.69) is 13.0 Å². The average molecular weight is 309 g/mol. The largest absolute Gasteiger partial charge is 0.478 e. The number of aromatic carboxylic acids is 1. The quantitative estimate of drug-likeness (QED) is 0.906. The van der Waals surface area contributed by atoms with Gasteiger partial charge in [-0.1, -0.05) is 19.1 Å². The molecule has 0 saturated heterocycles. The van der Waals surface area contributed by atoms with E-state index in [9.17, 15) is 13.2 Å². The van der Waals surface area contributed by atoms with Gasteiger partial charge in [0.2, 0.25) is 10.0 Å². The second-order valence-corrected chi connectivity index (χ2v) is 7.60. The zero-order valence-corrected chi connectivity index (χ0v) is 13.1. The first-order chi connectivity index (χ1) is 9.68. The summed E-state index contributed by atoms with van der Waals surface area (Å²) in [5, 5.41) is 9.16. The maximum absolute atomic E-state index is 11.6. The molecule has 1 aliphatic rings. The van der Waals surface area contributed by atoms with E-state index in [-0.39, 0.29) is 5.56 Å². The topological polar surface area (TPSA) is 74.7 Å². The van der Waals surface area contributed by atoms with E-state index >= 15 is 0 Å². The van der Waals surface area contributed by atoms with Crippen molar-refractivity contribution in [2.45, 2.75) is 13.3 Å². The number of carboxylic acid groups (broad SMARTS) is 1. The van der Waals surface area contributed by atoms with Crippen LogP contribution in [-0.2, 0) is 10.0 Å². The van der Waals surface area contributed by atoms with Gasteiger partial charge in [-0.2, -0.15) is 0 Å². The fraction of sp³-hybridized carbons (Fsp3) is 0.400. The highest BCUT2D eigenvalue weighted by Gasteiger charge is 2.29. The number of anilines is 1. The van der Waals surface area contributed by atoms with E-state index < -0.39 is 16.0 Å². The molecule has 2 unspecified atom stereocenters. The SMILES string of the molecule is CC1CC1/C=C\c1cc(C(=O)O)cc(N(C)S(C)(=O)=O)c1. The van der Waals surface area contributed by atoms with Gasteiger partial charge in [-0.15, -0.1) is 0 Å². The summed E-state index contributed by atoms with van der Waals surface area (Å²) in [5.74, 6) is 0.129. The van der Waals surface area contributed by atoms with Gasteiger partial charge < -0.3 is 5.11 Å². The number of benzene rings is 1. The molecule has 6 heteroatoms. The molecule has 1 aromatic carbocycles. The maximum atomic E-state index is 11.6. The zero-order valence-electron chi connectivity index (χ0n) is 12.3. The summed E-state index contributed by atoms with van der Waals surface area (Å²) in [6, 6.07) is 4.59. The van der Waals surface area contributed by atoms with Crippen molar-refractivity contribution in [3.8, 4) is 0 Å². The van der Waals surface area contributed by atoms with E-state index in [0.29, 0.717) is 23.1 Å². The summed E-state index contributed by atoms with van der Waals surface area (Å²) in [7, 11) is -2.02. The lowest BCUT2D eigenvalue weighted by Crippen LogP contribution is -2.25. The van der Waals surface area contributed by atoms with Gasteiger partial charge in [0, 0.05) is 7.05 Å². The number of allylic oxidation sites excluding steroid dienone is 1. The van der Waals surface area contributed by atoms with Crippen molar-refractivity contribution in [1.82, 2.24) is 0 Å². The number of carbonyl (C=O) groups is 1. The molecule has 1 saturated carbocycles. The fourth-order valence-electron chi connectivity index (χ4n) is 2.08. The Labute approximate surface area is 124 Å². The molecule has 2 rings (SSSR count). The van der Waals surface area contributed by atoms with Gasteiger partial charge in [-0.3, -0.25) is 4.31 Å². The Morgan fingerprint density at radius 2 is 2.00 bits per heavy atom. The van der Waals surface area contributed by atoms with Crippen LogP contribution in [-0.4, -0.2) is 32.8 Å². The maximum Gasteiger partial charge on any atom is 0.335 e. The Balaban J connectivity index is 2.39. The molecule has 0 aliphatic heterocycles. The first kappa shape index (κ1) is 15.6. The minimum Gasteiger partial charge on any atom is -0.478 e. The van der Waals surface area contributed by atoms with Gasteiger partial charge in [0.05, 0.1) is 17.5 Å². The molecule has 0 spiro atoms. The molecule has 0 radical (unpaired) electrons. The summed E-state index contributed by atoms with van der Waals surface area (Å²) in [5.41, 5.74) is 1.12. The number of rotatable bonds is 5. The molecule has 1 aliphatic carbocycles. The van der Waals surface area contributed by atoms with Crippen LogP contribution in [0.4, 0.5) is 5.69 Å². The van der Waals surface area contributed by atoms with Crippen molar-refractivity contribution in [2.24, 2.45) is 11.8 Å². The first-order valence-corrected chi connectivity index (χ1v) is 8.54. The molecule has 0 bridgehead atoms. The van der Waals surface area contributed by atoms with Crippen molar-refractivity contribution in [3.63, 3.8) is 0 Å². The third-order valence-electron chi connectivity index (χ3n) is 3.76. The minimum absolute atomic E-state index is 0.0755. The molecule has 5 nitrogen and oxygen atoms in total. The van der Waals surface area contributed by atoms with Gasteiger partial charge in [0.1, 0.15) is 0 Å². The van der Waals surface area contributed by atoms with Crippen LogP contribution in [0.25, 0.3) is 6.08 Å². The molecule has 21 heavy (non-hydrogen) atoms. The highest BCUT2D eigenvalue weighted by molar-refractivity contribution is 7.92. The molecule has 1 fully saturated rings. The molecule has 1 aromatic rings. The van der Waals surface area contributed by atoms with Gasteiger partial charge in [0.25, 0.3) is 0 Å². The molecule has 2 atom stereocenters. The van der Waals surface area contributed by atoms with Crippen LogP contribution in [0.15, 0.2) is 24.3 Å². The van der Waals surface area contributed by atoms with Crippen LogP contribution in [0.2, 0.25) is 0 Å². The molecular weight excluding hydrogens is 290 g/mol. The van der Waals surface area contributed by atoms with Crippen molar-refractivity contribution < 1.29 is 18.3 Å². The standard InChI is InChI=1S/C15H19NO4S/c1-10-6-12(10)5-4-11-7-13(15(17)18)9-14(8-11)16(2)21(3,19)20/h4-5,7-10,12H,6H2,1-3H3,(H,17,18)/b5-4-. The van der Waals surface area contributed by atoms with Crippen molar-refractivity contribution in [3.05, 3.63) is 35.4 Å². The number of sulfonamides is 1. The highest BCUT2D eigenvalue weighted by atomic mass is 32.2. The van der Waals surface area contributed by atoms with E-state index in [0.717, 1.165) is 17.0 Å². The lowest BCUT2D eigenvalue weighted by Gasteiger charge is -2.17. The Hall–Kier alpha value is -1.82. The smallest absolute Gasteiger partial charge is 0.335 e. The van der Waals surface area contributed by atoms with Crippen LogP contribution in [0, 0.1) is 11.8 Å². The van der Waals surface area contributed by atoms with E-state index in [1.165, 1.54) is 13.1 Å². The van der Waals surface area contributed by atoms with Gasteiger partial charge in [-0.05, 0) is 42.0 Å². The summed E-state index contributed by atoms with van der Waals surface area (Å²) in [6.45, 7) is 2.16. The monoisotopic (exact) mass is 309 g/mol. The van der Waals surface area contributed by atoms with Crippen molar-refractivity contribution >= 4 is 27.8 Å². The Morgan fingerprint density at radius 3 is 2.48 bits per heavy atom. The number of hydrogen-bond acceptors (Lipinski definition) is 3. The highest BCUT2D eigenvalue weighted by Crippen LogP contribution is 2.39. The molecular formula is C15H19NO4S. The first-order valence-electron chi connectivity index (χ1n) is 6.69.